The molecule has 1 aromatic heterocycles. The summed E-state index contributed by atoms with van der Waals surface area (Å²) < 4.78 is 0. The molecule has 0 saturated heterocycles. The molecule has 0 bridgehead atoms. The summed E-state index contributed by atoms with van der Waals surface area (Å²) in [6.07, 6.45) is 2.88. The van der Waals surface area contributed by atoms with Gasteiger partial charge in [0.15, 0.2) is 0 Å². The number of nitriles is 1. The maximum Gasteiger partial charge on any atom is 0.149 e. The smallest absolute Gasteiger partial charge is 0.149 e. The Hall–Kier alpha value is -1.76. The molecule has 0 fully saturated rings. The van der Waals surface area contributed by atoms with Crippen LogP contribution in [0.3, 0.4) is 0 Å². The number of aliphatic imine (C=N–C) groups is 1. The van der Waals surface area contributed by atoms with E-state index < -0.39 is 0 Å². The van der Waals surface area contributed by atoms with Crippen LogP contribution in [0.15, 0.2) is 11.2 Å². The highest BCUT2D eigenvalue weighted by atomic mass is 14.9. The fraction of sp³-hybridized carbons (Fsp3) is 0.143. The molecule has 3 N–H and O–H groups in total. The van der Waals surface area contributed by atoms with Gasteiger partial charge in [0.2, 0.25) is 0 Å². The number of aryl methyl sites for hydroxylation is 1. The van der Waals surface area contributed by atoms with Gasteiger partial charge in [-0.2, -0.15) is 5.26 Å². The molecule has 0 spiro atoms. The molecule has 11 heavy (non-hydrogen) atoms. The summed E-state index contributed by atoms with van der Waals surface area (Å²) in [4.78, 5) is 6.60. The number of aromatic amines is 1. The number of hydrogen-bond acceptors (Lipinski definition) is 2. The molecule has 1 rings (SSSR count). The van der Waals surface area contributed by atoms with Gasteiger partial charge < -0.3 is 10.7 Å². The van der Waals surface area contributed by atoms with Gasteiger partial charge in [0.25, 0.3) is 0 Å². The largest absolute Gasteiger partial charge is 0.390 e. The van der Waals surface area contributed by atoms with E-state index in [4.69, 9.17) is 11.0 Å². The van der Waals surface area contributed by atoms with Crippen molar-refractivity contribution < 1.29 is 0 Å². The second kappa shape index (κ2) is 2.88. The lowest BCUT2D eigenvalue weighted by Crippen LogP contribution is -1.87. The summed E-state index contributed by atoms with van der Waals surface area (Å²) in [6, 6.07) is 2.03. The van der Waals surface area contributed by atoms with Gasteiger partial charge in [0.1, 0.15) is 11.9 Å². The zero-order chi connectivity index (χ0) is 8.27. The number of nitrogens with one attached hydrogen (secondary N) is 1. The third-order valence-electron chi connectivity index (χ3n) is 1.37. The van der Waals surface area contributed by atoms with Crippen LogP contribution in [0.5, 0.6) is 0 Å². The first-order valence-corrected chi connectivity index (χ1v) is 3.12. The average Bonchev–Trinajstić information content (AvgIpc) is 2.33. The Morgan fingerprint density at radius 2 is 2.55 bits per heavy atom. The zero-order valence-corrected chi connectivity index (χ0v) is 6.13. The molecule has 4 nitrogen and oxygen atoms in total. The van der Waals surface area contributed by atoms with Crippen molar-refractivity contribution in [2.75, 3.05) is 0 Å². The van der Waals surface area contributed by atoms with Gasteiger partial charge in [-0.25, -0.2) is 4.99 Å². The van der Waals surface area contributed by atoms with Crippen molar-refractivity contribution in [1.82, 2.24) is 4.98 Å². The summed E-state index contributed by atoms with van der Waals surface area (Å²) in [5.74, 6) is 0.521. The van der Waals surface area contributed by atoms with Gasteiger partial charge in [-0.1, -0.05) is 0 Å². The van der Waals surface area contributed by atoms with Crippen LogP contribution in [0.4, 0.5) is 5.82 Å². The Morgan fingerprint density at radius 3 is 3.09 bits per heavy atom. The monoisotopic (exact) mass is 148 g/mol. The van der Waals surface area contributed by atoms with Crippen LogP contribution in [0.1, 0.15) is 11.1 Å². The molecule has 0 unspecified atom stereocenters. The first-order chi connectivity index (χ1) is 5.29. The van der Waals surface area contributed by atoms with E-state index in [9.17, 15) is 0 Å². The van der Waals surface area contributed by atoms with Crippen molar-refractivity contribution in [1.29, 1.82) is 5.26 Å². The predicted octanol–water partition coefficient (Wildman–Crippen LogP) is 0.813. The van der Waals surface area contributed by atoms with E-state index in [1.807, 2.05) is 13.0 Å². The summed E-state index contributed by atoms with van der Waals surface area (Å²) in [6.45, 7) is 1.84. The number of nitrogens with two attached hydrogens (primary N) is 1. The molecule has 0 radical (unpaired) electrons. The summed E-state index contributed by atoms with van der Waals surface area (Å²) >= 11 is 0. The molecule has 0 saturated carbocycles. The second-order valence-electron chi connectivity index (χ2n) is 2.09. The molecular formula is C7H8N4. The van der Waals surface area contributed by atoms with Crippen molar-refractivity contribution in [2.24, 2.45) is 10.7 Å². The normalized spacial score (nSPS) is 10.2. The standard InChI is InChI=1S/C7H8N4/c1-5-3-10-7(11-4-9)6(5)2-8/h3-4,10H,1H3,(H2,9,11). The molecule has 0 amide bonds. The molecule has 1 heterocycles. The van der Waals surface area contributed by atoms with Gasteiger partial charge in [-0.3, -0.25) is 0 Å². The van der Waals surface area contributed by atoms with Crippen molar-refractivity contribution >= 4 is 12.2 Å². The van der Waals surface area contributed by atoms with Crippen LogP contribution in [-0.2, 0) is 0 Å². The SMILES string of the molecule is Cc1c[nH]c(/N=C/N)c1C#N. The summed E-state index contributed by atoms with van der Waals surface area (Å²) in [5, 5.41) is 8.63. The summed E-state index contributed by atoms with van der Waals surface area (Å²) in [7, 11) is 0. The Balaban J connectivity index is 3.18. The van der Waals surface area contributed by atoms with Crippen molar-refractivity contribution in [3.05, 3.63) is 17.3 Å². The molecule has 4 heteroatoms. The second-order valence-corrected chi connectivity index (χ2v) is 2.09. The van der Waals surface area contributed by atoms with E-state index in [1.54, 1.807) is 6.20 Å². The van der Waals surface area contributed by atoms with E-state index in [-0.39, 0.29) is 0 Å². The van der Waals surface area contributed by atoms with Crippen LogP contribution < -0.4 is 5.73 Å². The lowest BCUT2D eigenvalue weighted by molar-refractivity contribution is 1.33. The topological polar surface area (TPSA) is 78.0 Å². The average molecular weight is 148 g/mol. The summed E-state index contributed by atoms with van der Waals surface area (Å²) in [5.41, 5.74) is 6.50. The Bertz CT molecular complexity index is 316. The zero-order valence-electron chi connectivity index (χ0n) is 6.13. The van der Waals surface area contributed by atoms with Crippen LogP contribution >= 0.6 is 0 Å². The van der Waals surface area contributed by atoms with Crippen molar-refractivity contribution in [2.45, 2.75) is 6.92 Å². The van der Waals surface area contributed by atoms with Gasteiger partial charge in [-0.05, 0) is 12.5 Å². The molecule has 0 aromatic carbocycles. The van der Waals surface area contributed by atoms with Crippen molar-refractivity contribution in [3.8, 4) is 6.07 Å². The lowest BCUT2D eigenvalue weighted by atomic mass is 10.2. The van der Waals surface area contributed by atoms with Crippen LogP contribution in [0.2, 0.25) is 0 Å². The molecule has 1 aromatic rings. The highest BCUT2D eigenvalue weighted by molar-refractivity contribution is 5.62. The fourth-order valence-corrected chi connectivity index (χ4v) is 0.825. The van der Waals surface area contributed by atoms with Crippen LogP contribution in [0.25, 0.3) is 0 Å². The van der Waals surface area contributed by atoms with E-state index in [0.717, 1.165) is 11.9 Å². The van der Waals surface area contributed by atoms with E-state index >= 15 is 0 Å². The molecular weight excluding hydrogens is 140 g/mol. The van der Waals surface area contributed by atoms with E-state index in [0.29, 0.717) is 11.4 Å². The van der Waals surface area contributed by atoms with Crippen LogP contribution in [-0.4, -0.2) is 11.3 Å². The quantitative estimate of drug-likeness (QED) is 0.456. The number of H-pyrrole nitrogens is 1. The Morgan fingerprint density at radius 1 is 1.82 bits per heavy atom. The highest BCUT2D eigenvalue weighted by Gasteiger charge is 2.04. The number of nitrogens with zero attached hydrogens (tertiary/aromatic N) is 2. The van der Waals surface area contributed by atoms with Crippen LogP contribution in [0, 0.1) is 18.3 Å². The van der Waals surface area contributed by atoms with Gasteiger partial charge in [-0.15, -0.1) is 0 Å². The van der Waals surface area contributed by atoms with Gasteiger partial charge >= 0.3 is 0 Å². The molecule has 0 aliphatic heterocycles. The van der Waals surface area contributed by atoms with E-state index in [1.165, 1.54) is 0 Å². The predicted molar refractivity (Wildman–Crippen MR) is 42.6 cm³/mol. The maximum absolute atomic E-state index is 8.63. The van der Waals surface area contributed by atoms with Gasteiger partial charge in [0, 0.05) is 6.20 Å². The Labute approximate surface area is 64.4 Å². The number of hydrogen-bond donors (Lipinski definition) is 2. The third kappa shape index (κ3) is 1.22. The third-order valence-corrected chi connectivity index (χ3v) is 1.37. The fourth-order valence-electron chi connectivity index (χ4n) is 0.825. The first-order valence-electron chi connectivity index (χ1n) is 3.12. The lowest BCUT2D eigenvalue weighted by Gasteiger charge is -1.86. The highest BCUT2D eigenvalue weighted by Crippen LogP contribution is 2.18. The van der Waals surface area contributed by atoms with Gasteiger partial charge in [0.05, 0.1) is 11.9 Å². The maximum atomic E-state index is 8.63. The Kier molecular flexibility index (Phi) is 1.93. The first kappa shape index (κ1) is 7.35. The number of rotatable bonds is 1. The minimum absolute atomic E-state index is 0.521. The molecule has 0 atom stereocenters. The van der Waals surface area contributed by atoms with E-state index in [2.05, 4.69) is 9.98 Å². The minimum Gasteiger partial charge on any atom is -0.390 e. The number of aromatic nitrogens is 1. The van der Waals surface area contributed by atoms with Crippen molar-refractivity contribution in [3.63, 3.8) is 0 Å². The minimum atomic E-state index is 0.521. The molecule has 0 aliphatic rings. The molecule has 56 valence electrons. The molecule has 0 aliphatic carbocycles.